The molecule has 0 fully saturated rings. The lowest BCUT2D eigenvalue weighted by molar-refractivity contribution is 0.585. The fourth-order valence-corrected chi connectivity index (χ4v) is 2.82. The van der Waals surface area contributed by atoms with Crippen molar-refractivity contribution < 1.29 is 8.42 Å². The largest absolute Gasteiger partial charge is 0.392 e. The maximum absolute atomic E-state index is 11.5. The molecule has 1 aromatic carbocycles. The number of hydrogen-bond donors (Lipinski definition) is 2. The van der Waals surface area contributed by atoms with Crippen LogP contribution in [-0.4, -0.2) is 19.2 Å². The van der Waals surface area contributed by atoms with Gasteiger partial charge in [-0.25, -0.2) is 13.1 Å². The minimum Gasteiger partial charge on any atom is -0.392 e. The summed E-state index contributed by atoms with van der Waals surface area (Å²) in [5.74, 6) is -0.309. The van der Waals surface area contributed by atoms with E-state index in [9.17, 15) is 8.42 Å². The van der Waals surface area contributed by atoms with E-state index in [0.717, 1.165) is 17.5 Å². The van der Waals surface area contributed by atoms with E-state index in [2.05, 4.69) is 16.9 Å². The Labute approximate surface area is 107 Å². The van der Waals surface area contributed by atoms with E-state index in [1.807, 2.05) is 31.2 Å². The van der Waals surface area contributed by atoms with Gasteiger partial charge in [0.2, 0.25) is 10.0 Å². The Bertz CT molecular complexity index is 498. The summed E-state index contributed by atoms with van der Waals surface area (Å²) in [7, 11) is -3.42. The van der Waals surface area contributed by atoms with E-state index in [4.69, 9.17) is 5.73 Å². The number of sulfonamides is 1. The second-order valence-corrected chi connectivity index (χ2v) is 6.00. The van der Waals surface area contributed by atoms with Crippen LogP contribution >= 0.6 is 12.2 Å². The SMILES string of the molecule is CCc1ccccc1CNS(=O)(=O)CC(N)=S. The number of rotatable bonds is 6. The summed E-state index contributed by atoms with van der Waals surface area (Å²) in [6.45, 7) is 2.30. The highest BCUT2D eigenvalue weighted by molar-refractivity contribution is 7.92. The Morgan fingerprint density at radius 2 is 1.94 bits per heavy atom. The van der Waals surface area contributed by atoms with Gasteiger partial charge in [0, 0.05) is 6.54 Å². The maximum Gasteiger partial charge on any atom is 0.218 e. The van der Waals surface area contributed by atoms with Gasteiger partial charge >= 0.3 is 0 Å². The third kappa shape index (κ3) is 4.80. The molecule has 0 saturated carbocycles. The molecule has 0 aliphatic heterocycles. The standard InChI is InChI=1S/C11H16N2O2S2/c1-2-9-5-3-4-6-10(9)7-13-17(14,15)8-11(12)16/h3-6,13H,2,7-8H2,1H3,(H2,12,16). The Kier molecular flexibility index (Phi) is 5.04. The molecule has 1 rings (SSSR count). The molecule has 0 aliphatic carbocycles. The number of aryl methyl sites for hydroxylation is 1. The molecule has 0 aliphatic rings. The van der Waals surface area contributed by atoms with E-state index in [1.54, 1.807) is 0 Å². The molecule has 0 heterocycles. The molecule has 6 heteroatoms. The summed E-state index contributed by atoms with van der Waals surface area (Å²) in [6, 6.07) is 7.71. The fraction of sp³-hybridized carbons (Fsp3) is 0.364. The molecule has 0 atom stereocenters. The van der Waals surface area contributed by atoms with Crippen LogP contribution in [0.15, 0.2) is 24.3 Å². The minimum atomic E-state index is -3.42. The van der Waals surface area contributed by atoms with Crippen LogP contribution in [0.25, 0.3) is 0 Å². The van der Waals surface area contributed by atoms with Gasteiger partial charge < -0.3 is 5.73 Å². The molecule has 94 valence electrons. The predicted octanol–water partition coefficient (Wildman–Crippen LogP) is 0.955. The van der Waals surface area contributed by atoms with Gasteiger partial charge in [-0.3, -0.25) is 0 Å². The van der Waals surface area contributed by atoms with E-state index in [0.29, 0.717) is 0 Å². The first-order valence-corrected chi connectivity index (χ1v) is 7.33. The molecular weight excluding hydrogens is 256 g/mol. The summed E-state index contributed by atoms with van der Waals surface area (Å²) in [4.78, 5) is -0.0266. The molecule has 0 saturated heterocycles. The van der Waals surface area contributed by atoms with E-state index >= 15 is 0 Å². The predicted molar refractivity (Wildman–Crippen MR) is 73.2 cm³/mol. The average Bonchev–Trinajstić information content (AvgIpc) is 2.25. The van der Waals surface area contributed by atoms with Crippen molar-refractivity contribution in [3.05, 3.63) is 35.4 Å². The van der Waals surface area contributed by atoms with Crippen LogP contribution in [0.2, 0.25) is 0 Å². The number of nitrogens with one attached hydrogen (secondary N) is 1. The van der Waals surface area contributed by atoms with Crippen molar-refractivity contribution in [1.82, 2.24) is 4.72 Å². The number of thiocarbonyl (C=S) groups is 1. The lowest BCUT2D eigenvalue weighted by Gasteiger charge is -2.09. The van der Waals surface area contributed by atoms with Gasteiger partial charge in [-0.05, 0) is 17.5 Å². The van der Waals surface area contributed by atoms with Crippen molar-refractivity contribution in [3.63, 3.8) is 0 Å². The van der Waals surface area contributed by atoms with Crippen LogP contribution in [0.3, 0.4) is 0 Å². The van der Waals surface area contributed by atoms with Gasteiger partial charge in [0.05, 0.1) is 4.99 Å². The summed E-state index contributed by atoms with van der Waals surface area (Å²) in [5.41, 5.74) is 7.32. The Morgan fingerprint density at radius 3 is 2.47 bits per heavy atom. The van der Waals surface area contributed by atoms with Crippen LogP contribution in [0.1, 0.15) is 18.1 Å². The third-order valence-corrected chi connectivity index (χ3v) is 3.92. The zero-order valence-electron chi connectivity index (χ0n) is 9.64. The second kappa shape index (κ2) is 6.09. The highest BCUT2D eigenvalue weighted by atomic mass is 32.2. The van der Waals surface area contributed by atoms with Crippen LogP contribution in [0.4, 0.5) is 0 Å². The normalized spacial score (nSPS) is 11.4. The fourth-order valence-electron chi connectivity index (χ4n) is 1.50. The molecule has 4 nitrogen and oxygen atoms in total. The molecule has 3 N–H and O–H groups in total. The van der Waals surface area contributed by atoms with Crippen LogP contribution in [0.5, 0.6) is 0 Å². The van der Waals surface area contributed by atoms with E-state index < -0.39 is 10.0 Å². The summed E-state index contributed by atoms with van der Waals surface area (Å²) < 4.78 is 25.6. The maximum atomic E-state index is 11.5. The lowest BCUT2D eigenvalue weighted by atomic mass is 10.1. The van der Waals surface area contributed by atoms with Crippen molar-refractivity contribution in [3.8, 4) is 0 Å². The molecular formula is C11H16N2O2S2. The van der Waals surface area contributed by atoms with Crippen molar-refractivity contribution in [2.75, 3.05) is 5.75 Å². The van der Waals surface area contributed by atoms with Gasteiger partial charge in [-0.15, -0.1) is 0 Å². The zero-order chi connectivity index (χ0) is 12.9. The third-order valence-electron chi connectivity index (χ3n) is 2.31. The van der Waals surface area contributed by atoms with E-state index in [-0.39, 0.29) is 17.3 Å². The molecule has 0 bridgehead atoms. The number of hydrogen-bond acceptors (Lipinski definition) is 3. The topological polar surface area (TPSA) is 72.2 Å². The van der Waals surface area contributed by atoms with Crippen molar-refractivity contribution >= 4 is 27.2 Å². The summed E-state index contributed by atoms with van der Waals surface area (Å²) >= 11 is 4.58. The molecule has 0 unspecified atom stereocenters. The Hall–Kier alpha value is -0.980. The number of nitrogens with two attached hydrogens (primary N) is 1. The molecule has 17 heavy (non-hydrogen) atoms. The van der Waals surface area contributed by atoms with E-state index in [1.165, 1.54) is 0 Å². The van der Waals surface area contributed by atoms with Gasteiger partial charge in [-0.1, -0.05) is 43.4 Å². The van der Waals surface area contributed by atoms with Crippen molar-refractivity contribution in [2.45, 2.75) is 19.9 Å². The first-order chi connectivity index (χ1) is 7.94. The highest BCUT2D eigenvalue weighted by Gasteiger charge is 2.12. The van der Waals surface area contributed by atoms with Gasteiger partial charge in [-0.2, -0.15) is 0 Å². The van der Waals surface area contributed by atoms with Crippen molar-refractivity contribution in [2.24, 2.45) is 5.73 Å². The first kappa shape index (κ1) is 14.1. The smallest absolute Gasteiger partial charge is 0.218 e. The molecule has 0 aromatic heterocycles. The molecule has 0 amide bonds. The van der Waals surface area contributed by atoms with Crippen LogP contribution in [-0.2, 0) is 23.0 Å². The summed E-state index contributed by atoms with van der Waals surface area (Å²) in [6.07, 6.45) is 0.868. The average molecular weight is 272 g/mol. The molecule has 1 aromatic rings. The monoisotopic (exact) mass is 272 g/mol. The zero-order valence-corrected chi connectivity index (χ0v) is 11.3. The summed E-state index contributed by atoms with van der Waals surface area (Å²) in [5, 5.41) is 0. The highest BCUT2D eigenvalue weighted by Crippen LogP contribution is 2.09. The quantitative estimate of drug-likeness (QED) is 0.756. The lowest BCUT2D eigenvalue weighted by Crippen LogP contribution is -2.32. The van der Waals surface area contributed by atoms with Crippen molar-refractivity contribution in [1.29, 1.82) is 0 Å². The number of benzene rings is 1. The minimum absolute atomic E-state index is 0.0266. The van der Waals surface area contributed by atoms with Crippen LogP contribution < -0.4 is 10.5 Å². The molecule has 0 radical (unpaired) electrons. The Morgan fingerprint density at radius 1 is 1.35 bits per heavy atom. The Balaban J connectivity index is 2.70. The second-order valence-electron chi connectivity index (χ2n) is 3.67. The van der Waals surface area contributed by atoms with Gasteiger partial charge in [0.15, 0.2) is 0 Å². The van der Waals surface area contributed by atoms with Crippen LogP contribution in [0, 0.1) is 0 Å². The van der Waals surface area contributed by atoms with Gasteiger partial charge in [0.25, 0.3) is 0 Å². The first-order valence-electron chi connectivity index (χ1n) is 5.27. The molecule has 0 spiro atoms. The van der Waals surface area contributed by atoms with Gasteiger partial charge in [0.1, 0.15) is 5.75 Å².